The Balaban J connectivity index is 2.70. The maximum Gasteiger partial charge on any atom is 0.418 e. The summed E-state index contributed by atoms with van der Waals surface area (Å²) in [5, 5.41) is 4.10. The van der Waals surface area contributed by atoms with Crippen LogP contribution >= 0.6 is 0 Å². The minimum atomic E-state index is -4.47. The molecule has 3 N–H and O–H groups in total. The van der Waals surface area contributed by atoms with Gasteiger partial charge in [-0.1, -0.05) is 19.1 Å². The molecule has 0 saturated carbocycles. The maximum absolute atomic E-state index is 12.7. The average molecular weight is 275 g/mol. The van der Waals surface area contributed by atoms with E-state index in [1.807, 2.05) is 13.8 Å². The highest BCUT2D eigenvalue weighted by atomic mass is 19.4. The molecule has 1 rings (SSSR count). The number of alkyl halides is 3. The Kier molecular flexibility index (Phi) is 5.35. The van der Waals surface area contributed by atoms with Gasteiger partial charge in [-0.3, -0.25) is 4.79 Å². The third-order valence-electron chi connectivity index (χ3n) is 2.86. The van der Waals surface area contributed by atoms with Gasteiger partial charge in [0, 0.05) is 0 Å². The van der Waals surface area contributed by atoms with Crippen LogP contribution in [0.2, 0.25) is 0 Å². The van der Waals surface area contributed by atoms with Crippen LogP contribution in [-0.2, 0) is 11.0 Å². The molecule has 0 bridgehead atoms. The lowest BCUT2D eigenvalue weighted by Crippen LogP contribution is -2.90. The summed E-state index contributed by atoms with van der Waals surface area (Å²) in [4.78, 5) is 11.6. The highest BCUT2D eigenvalue weighted by Crippen LogP contribution is 2.34. The van der Waals surface area contributed by atoms with E-state index in [4.69, 9.17) is 0 Å². The van der Waals surface area contributed by atoms with Crippen LogP contribution in [0.25, 0.3) is 0 Å². The molecule has 0 heterocycles. The van der Waals surface area contributed by atoms with Crippen molar-refractivity contribution in [1.29, 1.82) is 0 Å². The summed E-state index contributed by atoms with van der Waals surface area (Å²) in [6.07, 6.45) is -3.57. The van der Waals surface area contributed by atoms with Gasteiger partial charge in [0.1, 0.15) is 0 Å². The molecule has 0 saturated heterocycles. The number of nitrogens with one attached hydrogen (secondary N) is 1. The van der Waals surface area contributed by atoms with E-state index in [1.165, 1.54) is 18.2 Å². The Labute approximate surface area is 110 Å². The van der Waals surface area contributed by atoms with Crippen molar-refractivity contribution in [3.8, 4) is 0 Å². The van der Waals surface area contributed by atoms with Crippen molar-refractivity contribution in [3.05, 3.63) is 29.8 Å². The fourth-order valence-corrected chi connectivity index (χ4v) is 1.52. The van der Waals surface area contributed by atoms with Crippen molar-refractivity contribution in [2.45, 2.75) is 32.5 Å². The number of halogens is 3. The zero-order valence-corrected chi connectivity index (χ0v) is 10.9. The number of carbonyl (C=O) groups is 1. The van der Waals surface area contributed by atoms with Gasteiger partial charge in [-0.2, -0.15) is 13.2 Å². The first-order chi connectivity index (χ1) is 8.84. The van der Waals surface area contributed by atoms with Crippen LogP contribution in [0.1, 0.15) is 25.8 Å². The van der Waals surface area contributed by atoms with E-state index in [0.717, 1.165) is 12.5 Å². The lowest BCUT2D eigenvalue weighted by atomic mass is 10.1. The van der Waals surface area contributed by atoms with Crippen molar-refractivity contribution < 1.29 is 23.3 Å². The molecule has 3 nitrogen and oxygen atoms in total. The first-order valence-corrected chi connectivity index (χ1v) is 6.14. The summed E-state index contributed by atoms with van der Waals surface area (Å²) in [7, 11) is 0. The molecule has 1 amide bonds. The van der Waals surface area contributed by atoms with Crippen molar-refractivity contribution in [1.82, 2.24) is 0 Å². The summed E-state index contributed by atoms with van der Waals surface area (Å²) in [5.41, 5.74) is -1.02. The number of quaternary nitrogens is 1. The van der Waals surface area contributed by atoms with Gasteiger partial charge < -0.3 is 10.6 Å². The number of rotatable bonds is 5. The number of nitrogens with two attached hydrogens (primary N) is 1. The minimum absolute atomic E-state index is 0.112. The Morgan fingerprint density at radius 2 is 2.00 bits per heavy atom. The molecule has 0 radical (unpaired) electrons. The van der Waals surface area contributed by atoms with Crippen LogP contribution in [0.4, 0.5) is 18.9 Å². The van der Waals surface area contributed by atoms with E-state index >= 15 is 0 Å². The monoisotopic (exact) mass is 275 g/mol. The SMILES string of the molecule is CC[C@@H](C)[NH2+]CC(=O)Nc1ccccc1C(F)(F)F. The standard InChI is InChI=1S/C13H17F3N2O/c1-3-9(2)17-8-12(19)18-11-7-5-4-6-10(11)13(14,15)16/h4-7,9,17H,3,8H2,1-2H3,(H,18,19)/p+1/t9-/m1/s1. The Bertz CT molecular complexity index is 432. The third-order valence-corrected chi connectivity index (χ3v) is 2.86. The summed E-state index contributed by atoms with van der Waals surface area (Å²) < 4.78 is 38.1. The van der Waals surface area contributed by atoms with E-state index in [0.29, 0.717) is 0 Å². The van der Waals surface area contributed by atoms with E-state index in [1.54, 1.807) is 5.32 Å². The molecule has 0 aliphatic heterocycles. The van der Waals surface area contributed by atoms with Crippen LogP contribution < -0.4 is 10.6 Å². The maximum atomic E-state index is 12.7. The summed E-state index contributed by atoms with van der Waals surface area (Å²) in [6.45, 7) is 4.05. The Morgan fingerprint density at radius 3 is 2.58 bits per heavy atom. The quantitative estimate of drug-likeness (QED) is 0.848. The zero-order chi connectivity index (χ0) is 14.5. The molecule has 1 aromatic carbocycles. The van der Waals surface area contributed by atoms with Gasteiger partial charge in [0.05, 0.1) is 17.3 Å². The van der Waals surface area contributed by atoms with Gasteiger partial charge in [0.25, 0.3) is 5.91 Å². The van der Waals surface area contributed by atoms with Gasteiger partial charge in [0.2, 0.25) is 0 Å². The molecule has 0 unspecified atom stereocenters. The molecule has 0 spiro atoms. The summed E-state index contributed by atoms with van der Waals surface area (Å²) >= 11 is 0. The lowest BCUT2D eigenvalue weighted by molar-refractivity contribution is -0.675. The third kappa shape index (κ3) is 4.90. The van der Waals surface area contributed by atoms with Gasteiger partial charge in [0.15, 0.2) is 6.54 Å². The van der Waals surface area contributed by atoms with Crippen LogP contribution in [0, 0.1) is 0 Å². The Hall–Kier alpha value is -1.56. The number of amides is 1. The van der Waals surface area contributed by atoms with Gasteiger partial charge in [-0.05, 0) is 25.5 Å². The van der Waals surface area contributed by atoms with Gasteiger partial charge in [-0.15, -0.1) is 0 Å². The average Bonchev–Trinajstić information content (AvgIpc) is 2.35. The van der Waals surface area contributed by atoms with Crippen LogP contribution in [0.3, 0.4) is 0 Å². The molecular formula is C13H18F3N2O+. The topological polar surface area (TPSA) is 45.7 Å². The number of hydrogen-bond donors (Lipinski definition) is 2. The number of carbonyl (C=O) groups excluding carboxylic acids is 1. The molecule has 1 aromatic rings. The minimum Gasteiger partial charge on any atom is -0.336 e. The molecule has 6 heteroatoms. The highest BCUT2D eigenvalue weighted by molar-refractivity contribution is 5.92. The molecule has 0 aliphatic rings. The van der Waals surface area contributed by atoms with E-state index in [-0.39, 0.29) is 18.3 Å². The molecule has 106 valence electrons. The van der Waals surface area contributed by atoms with E-state index < -0.39 is 17.6 Å². The van der Waals surface area contributed by atoms with Crippen LogP contribution in [0.5, 0.6) is 0 Å². The first kappa shape index (κ1) is 15.5. The molecule has 0 fully saturated rings. The fraction of sp³-hybridized carbons (Fsp3) is 0.462. The van der Waals surface area contributed by atoms with Crippen molar-refractivity contribution in [2.24, 2.45) is 0 Å². The van der Waals surface area contributed by atoms with Crippen molar-refractivity contribution >= 4 is 11.6 Å². The normalized spacial score (nSPS) is 13.1. The second-order valence-corrected chi connectivity index (χ2v) is 4.42. The second kappa shape index (κ2) is 6.56. The summed E-state index contributed by atoms with van der Waals surface area (Å²) in [5.74, 6) is -0.433. The van der Waals surface area contributed by atoms with Gasteiger partial charge >= 0.3 is 6.18 Å². The lowest BCUT2D eigenvalue weighted by Gasteiger charge is -2.13. The number of para-hydroxylation sites is 1. The predicted octanol–water partition coefficient (Wildman–Crippen LogP) is 2.01. The number of hydrogen-bond acceptors (Lipinski definition) is 1. The van der Waals surface area contributed by atoms with Crippen molar-refractivity contribution in [3.63, 3.8) is 0 Å². The molecule has 0 aromatic heterocycles. The Morgan fingerprint density at radius 1 is 1.37 bits per heavy atom. The largest absolute Gasteiger partial charge is 0.418 e. The molecule has 0 aliphatic carbocycles. The van der Waals surface area contributed by atoms with Gasteiger partial charge in [-0.25, -0.2) is 0 Å². The predicted molar refractivity (Wildman–Crippen MR) is 66.6 cm³/mol. The van der Waals surface area contributed by atoms with Crippen LogP contribution in [-0.4, -0.2) is 18.5 Å². The zero-order valence-electron chi connectivity index (χ0n) is 10.9. The molecule has 19 heavy (non-hydrogen) atoms. The van der Waals surface area contributed by atoms with E-state index in [2.05, 4.69) is 5.32 Å². The smallest absolute Gasteiger partial charge is 0.336 e. The summed E-state index contributed by atoms with van der Waals surface area (Å²) in [6, 6.07) is 5.23. The number of anilines is 1. The fourth-order valence-electron chi connectivity index (χ4n) is 1.52. The van der Waals surface area contributed by atoms with Crippen LogP contribution in [0.15, 0.2) is 24.3 Å². The highest BCUT2D eigenvalue weighted by Gasteiger charge is 2.33. The second-order valence-electron chi connectivity index (χ2n) is 4.42. The van der Waals surface area contributed by atoms with Crippen molar-refractivity contribution in [2.75, 3.05) is 11.9 Å². The molecular weight excluding hydrogens is 257 g/mol. The van der Waals surface area contributed by atoms with E-state index in [9.17, 15) is 18.0 Å². The molecule has 1 atom stereocenters. The number of benzene rings is 1. The first-order valence-electron chi connectivity index (χ1n) is 6.14.